The van der Waals surface area contributed by atoms with Crippen LogP contribution in [0.1, 0.15) is 32.6 Å². The van der Waals surface area contributed by atoms with Crippen LogP contribution in [0.3, 0.4) is 0 Å². The van der Waals surface area contributed by atoms with Gasteiger partial charge in [-0.05, 0) is 58.3 Å². The Hall–Kier alpha value is -0.160. The van der Waals surface area contributed by atoms with Gasteiger partial charge < -0.3 is 15.8 Å². The highest BCUT2D eigenvalue weighted by atomic mass is 16.6. The first-order valence-corrected chi connectivity index (χ1v) is 6.51. The van der Waals surface area contributed by atoms with Gasteiger partial charge in [0.05, 0.1) is 6.10 Å². The van der Waals surface area contributed by atoms with E-state index in [9.17, 15) is 0 Å². The Morgan fingerprint density at radius 3 is 2.75 bits per heavy atom. The maximum absolute atomic E-state index is 5.43. The Balaban J connectivity index is 1.85. The van der Waals surface area contributed by atoms with Crippen LogP contribution in [0, 0.1) is 5.92 Å². The second kappa shape index (κ2) is 8.01. The van der Waals surface area contributed by atoms with Gasteiger partial charge in [0.1, 0.15) is 6.23 Å². The van der Waals surface area contributed by atoms with E-state index in [0.717, 1.165) is 32.0 Å². The summed E-state index contributed by atoms with van der Waals surface area (Å²) < 4.78 is 5.43. The normalized spacial score (nSPS) is 25.7. The van der Waals surface area contributed by atoms with Gasteiger partial charge in [0.25, 0.3) is 0 Å². The molecule has 3 unspecified atom stereocenters. The minimum Gasteiger partial charge on any atom is -0.353 e. The largest absolute Gasteiger partial charge is 0.353 e. The van der Waals surface area contributed by atoms with Crippen molar-refractivity contribution in [3.8, 4) is 0 Å². The SMILES string of the molecule is CNC1OC1CCC(C)CCNCCCN. The molecular weight excluding hydrogens is 202 g/mol. The van der Waals surface area contributed by atoms with E-state index in [0.29, 0.717) is 12.3 Å². The van der Waals surface area contributed by atoms with E-state index in [-0.39, 0.29) is 0 Å². The molecule has 0 radical (unpaired) electrons. The van der Waals surface area contributed by atoms with Gasteiger partial charge in [-0.2, -0.15) is 0 Å². The summed E-state index contributed by atoms with van der Waals surface area (Å²) in [5, 5.41) is 6.55. The molecule has 0 spiro atoms. The molecule has 1 aliphatic rings. The quantitative estimate of drug-likeness (QED) is 0.381. The van der Waals surface area contributed by atoms with Crippen molar-refractivity contribution < 1.29 is 4.74 Å². The average Bonchev–Trinajstić information content (AvgIpc) is 3.05. The fraction of sp³-hybridized carbons (Fsp3) is 1.00. The summed E-state index contributed by atoms with van der Waals surface area (Å²) in [6, 6.07) is 0. The van der Waals surface area contributed by atoms with Crippen LogP contribution < -0.4 is 16.4 Å². The molecule has 1 heterocycles. The molecule has 4 N–H and O–H groups in total. The summed E-state index contributed by atoms with van der Waals surface area (Å²) in [6.07, 6.45) is 5.58. The summed E-state index contributed by atoms with van der Waals surface area (Å²) in [6.45, 7) is 5.27. The van der Waals surface area contributed by atoms with Crippen molar-refractivity contribution in [3.63, 3.8) is 0 Å². The lowest BCUT2D eigenvalue weighted by molar-refractivity contribution is 0.335. The molecule has 3 atom stereocenters. The van der Waals surface area contributed by atoms with Crippen LogP contribution in [0.5, 0.6) is 0 Å². The van der Waals surface area contributed by atoms with Gasteiger partial charge in [0.2, 0.25) is 0 Å². The van der Waals surface area contributed by atoms with Gasteiger partial charge >= 0.3 is 0 Å². The number of hydrogen-bond acceptors (Lipinski definition) is 4. The van der Waals surface area contributed by atoms with Crippen molar-refractivity contribution in [2.75, 3.05) is 26.7 Å². The molecule has 96 valence electrons. The van der Waals surface area contributed by atoms with E-state index >= 15 is 0 Å². The van der Waals surface area contributed by atoms with E-state index < -0.39 is 0 Å². The van der Waals surface area contributed by atoms with Crippen molar-refractivity contribution in [1.82, 2.24) is 10.6 Å². The minimum atomic E-state index is 0.329. The molecule has 4 heteroatoms. The summed E-state index contributed by atoms with van der Waals surface area (Å²) in [7, 11) is 1.95. The Morgan fingerprint density at radius 1 is 1.31 bits per heavy atom. The predicted molar refractivity (Wildman–Crippen MR) is 67.3 cm³/mol. The van der Waals surface area contributed by atoms with Gasteiger partial charge in [0.15, 0.2) is 0 Å². The van der Waals surface area contributed by atoms with E-state index in [4.69, 9.17) is 10.5 Å². The molecule has 0 amide bonds. The van der Waals surface area contributed by atoms with Gasteiger partial charge in [0, 0.05) is 0 Å². The third kappa shape index (κ3) is 5.80. The second-order valence-electron chi connectivity index (χ2n) is 4.75. The number of nitrogens with one attached hydrogen (secondary N) is 2. The molecular formula is C12H27N3O. The third-order valence-corrected chi connectivity index (χ3v) is 3.18. The molecule has 0 bridgehead atoms. The van der Waals surface area contributed by atoms with Crippen LogP contribution >= 0.6 is 0 Å². The summed E-state index contributed by atoms with van der Waals surface area (Å²) in [4.78, 5) is 0. The molecule has 0 aromatic heterocycles. The van der Waals surface area contributed by atoms with Crippen LogP contribution in [0.15, 0.2) is 0 Å². The summed E-state index contributed by atoms with van der Waals surface area (Å²) in [5.41, 5.74) is 5.42. The third-order valence-electron chi connectivity index (χ3n) is 3.18. The van der Waals surface area contributed by atoms with E-state index in [1.54, 1.807) is 0 Å². The monoisotopic (exact) mass is 229 g/mol. The second-order valence-corrected chi connectivity index (χ2v) is 4.75. The molecule has 1 aliphatic heterocycles. The van der Waals surface area contributed by atoms with Crippen LogP contribution in [0.25, 0.3) is 0 Å². The van der Waals surface area contributed by atoms with Crippen LogP contribution in [0.4, 0.5) is 0 Å². The number of hydrogen-bond donors (Lipinski definition) is 3. The van der Waals surface area contributed by atoms with Gasteiger partial charge in [-0.3, -0.25) is 5.32 Å². The molecule has 1 rings (SSSR count). The first-order valence-electron chi connectivity index (χ1n) is 6.51. The lowest BCUT2D eigenvalue weighted by Gasteiger charge is -2.10. The van der Waals surface area contributed by atoms with Crippen LogP contribution in [-0.2, 0) is 4.74 Å². The van der Waals surface area contributed by atoms with E-state index in [2.05, 4.69) is 17.6 Å². The molecule has 16 heavy (non-hydrogen) atoms. The van der Waals surface area contributed by atoms with Gasteiger partial charge in [-0.15, -0.1) is 0 Å². The fourth-order valence-electron chi connectivity index (χ4n) is 1.91. The highest BCUT2D eigenvalue weighted by Crippen LogP contribution is 2.26. The van der Waals surface area contributed by atoms with Gasteiger partial charge in [-0.25, -0.2) is 0 Å². The number of likely N-dealkylation sites (N-methyl/N-ethyl adjacent to an activating group) is 1. The van der Waals surface area contributed by atoms with E-state index in [1.165, 1.54) is 19.3 Å². The zero-order chi connectivity index (χ0) is 11.8. The van der Waals surface area contributed by atoms with Crippen molar-refractivity contribution in [2.45, 2.75) is 44.9 Å². The molecule has 1 fully saturated rings. The van der Waals surface area contributed by atoms with Crippen molar-refractivity contribution in [2.24, 2.45) is 11.7 Å². The average molecular weight is 229 g/mol. The number of ether oxygens (including phenoxy) is 1. The number of nitrogens with two attached hydrogens (primary N) is 1. The minimum absolute atomic E-state index is 0.329. The first-order chi connectivity index (χ1) is 7.77. The Bertz CT molecular complexity index is 178. The van der Waals surface area contributed by atoms with Crippen LogP contribution in [0.2, 0.25) is 0 Å². The summed E-state index contributed by atoms with van der Waals surface area (Å²) >= 11 is 0. The summed E-state index contributed by atoms with van der Waals surface area (Å²) in [5.74, 6) is 0.784. The standard InChI is InChI=1S/C12H27N3O/c1-10(6-9-15-8-3-7-13)4-5-11-12(14-2)16-11/h10-12,14-15H,3-9,13H2,1-2H3. The molecule has 4 nitrogen and oxygen atoms in total. The zero-order valence-corrected chi connectivity index (χ0v) is 10.7. The Morgan fingerprint density at radius 2 is 2.12 bits per heavy atom. The Kier molecular flexibility index (Phi) is 6.96. The first kappa shape index (κ1) is 13.9. The Labute approximate surface area is 99.3 Å². The lowest BCUT2D eigenvalue weighted by Crippen LogP contribution is -2.21. The topological polar surface area (TPSA) is 62.6 Å². The molecule has 0 saturated carbocycles. The van der Waals surface area contributed by atoms with Crippen molar-refractivity contribution in [1.29, 1.82) is 0 Å². The van der Waals surface area contributed by atoms with Crippen molar-refractivity contribution >= 4 is 0 Å². The highest BCUT2D eigenvalue weighted by Gasteiger charge is 2.36. The smallest absolute Gasteiger partial charge is 0.135 e. The fourth-order valence-corrected chi connectivity index (χ4v) is 1.91. The number of rotatable bonds is 10. The zero-order valence-electron chi connectivity index (χ0n) is 10.7. The van der Waals surface area contributed by atoms with Crippen LogP contribution in [-0.4, -0.2) is 39.0 Å². The van der Waals surface area contributed by atoms with Crippen molar-refractivity contribution in [3.05, 3.63) is 0 Å². The predicted octanol–water partition coefficient (Wildman–Crippen LogP) is 0.676. The maximum Gasteiger partial charge on any atom is 0.135 e. The molecule has 0 aliphatic carbocycles. The molecule has 0 aromatic rings. The van der Waals surface area contributed by atoms with E-state index in [1.807, 2.05) is 7.05 Å². The molecule has 1 saturated heterocycles. The van der Waals surface area contributed by atoms with Gasteiger partial charge in [-0.1, -0.05) is 6.92 Å². The number of epoxide rings is 1. The lowest BCUT2D eigenvalue weighted by atomic mass is 10.0. The highest BCUT2D eigenvalue weighted by molar-refractivity contribution is 4.81. The molecule has 0 aromatic carbocycles. The maximum atomic E-state index is 5.43.